The molecule has 3 nitrogen and oxygen atoms in total. The molecule has 2 aromatic rings. The first kappa shape index (κ1) is 12.5. The van der Waals surface area contributed by atoms with E-state index < -0.39 is 5.97 Å². The van der Waals surface area contributed by atoms with Gasteiger partial charge >= 0.3 is 5.97 Å². The van der Waals surface area contributed by atoms with Crippen molar-refractivity contribution in [1.29, 1.82) is 0 Å². The average Bonchev–Trinajstić information content (AvgIpc) is 2.38. The van der Waals surface area contributed by atoms with Crippen LogP contribution in [0.2, 0.25) is 5.02 Å². The van der Waals surface area contributed by atoms with Crippen molar-refractivity contribution in [2.45, 2.75) is 6.61 Å². The lowest BCUT2D eigenvalue weighted by molar-refractivity contribution is 0.0696. The molecule has 0 atom stereocenters. The number of halogens is 1. The SMILES string of the molecule is O=C(O)c1cc(OCc2ccccc2)ccc1Cl. The zero-order chi connectivity index (χ0) is 13.0. The number of hydrogen-bond acceptors (Lipinski definition) is 2. The van der Waals surface area contributed by atoms with Crippen LogP contribution in [0.5, 0.6) is 5.75 Å². The van der Waals surface area contributed by atoms with Crippen LogP contribution >= 0.6 is 11.6 Å². The third-order valence-electron chi connectivity index (χ3n) is 2.42. The van der Waals surface area contributed by atoms with E-state index in [4.69, 9.17) is 21.4 Å². The van der Waals surface area contributed by atoms with Gasteiger partial charge in [0, 0.05) is 0 Å². The van der Waals surface area contributed by atoms with Gasteiger partial charge in [0.2, 0.25) is 0 Å². The minimum Gasteiger partial charge on any atom is -0.489 e. The minimum atomic E-state index is -1.06. The molecule has 0 saturated carbocycles. The van der Waals surface area contributed by atoms with Gasteiger partial charge in [-0.1, -0.05) is 41.9 Å². The van der Waals surface area contributed by atoms with Gasteiger partial charge in [0.15, 0.2) is 0 Å². The van der Waals surface area contributed by atoms with Crippen molar-refractivity contribution in [3.8, 4) is 5.75 Å². The highest BCUT2D eigenvalue weighted by atomic mass is 35.5. The van der Waals surface area contributed by atoms with Crippen LogP contribution < -0.4 is 4.74 Å². The highest BCUT2D eigenvalue weighted by molar-refractivity contribution is 6.33. The Morgan fingerprint density at radius 1 is 1.17 bits per heavy atom. The topological polar surface area (TPSA) is 46.5 Å². The van der Waals surface area contributed by atoms with Crippen LogP contribution in [0.1, 0.15) is 15.9 Å². The summed E-state index contributed by atoms with van der Waals surface area (Å²) in [5, 5.41) is 9.14. The molecule has 0 spiro atoms. The fourth-order valence-electron chi connectivity index (χ4n) is 1.50. The molecule has 0 fully saturated rings. The molecule has 92 valence electrons. The van der Waals surface area contributed by atoms with Crippen LogP contribution in [0.4, 0.5) is 0 Å². The second-order valence-electron chi connectivity index (χ2n) is 3.72. The molecule has 0 saturated heterocycles. The quantitative estimate of drug-likeness (QED) is 0.915. The Kier molecular flexibility index (Phi) is 3.85. The van der Waals surface area contributed by atoms with E-state index in [1.165, 1.54) is 12.1 Å². The van der Waals surface area contributed by atoms with Crippen molar-refractivity contribution in [1.82, 2.24) is 0 Å². The molecular formula is C14H11ClO3. The van der Waals surface area contributed by atoms with Gasteiger partial charge in [0.1, 0.15) is 12.4 Å². The van der Waals surface area contributed by atoms with E-state index in [9.17, 15) is 4.79 Å². The van der Waals surface area contributed by atoms with Crippen LogP contribution in [0.15, 0.2) is 48.5 Å². The van der Waals surface area contributed by atoms with Gasteiger partial charge in [0.25, 0.3) is 0 Å². The first-order chi connectivity index (χ1) is 8.66. The molecule has 0 heterocycles. The summed E-state index contributed by atoms with van der Waals surface area (Å²) in [5.74, 6) is -0.578. The van der Waals surface area contributed by atoms with E-state index >= 15 is 0 Å². The van der Waals surface area contributed by atoms with Crippen molar-refractivity contribution >= 4 is 17.6 Å². The number of hydrogen-bond donors (Lipinski definition) is 1. The number of ether oxygens (including phenoxy) is 1. The second-order valence-corrected chi connectivity index (χ2v) is 4.13. The van der Waals surface area contributed by atoms with Gasteiger partial charge in [-0.05, 0) is 23.8 Å². The van der Waals surface area contributed by atoms with Crippen LogP contribution in [0.3, 0.4) is 0 Å². The number of aromatic carboxylic acids is 1. The molecule has 0 radical (unpaired) electrons. The van der Waals surface area contributed by atoms with E-state index in [1.54, 1.807) is 6.07 Å². The molecule has 18 heavy (non-hydrogen) atoms. The summed E-state index contributed by atoms with van der Waals surface area (Å²) >= 11 is 5.77. The molecule has 2 rings (SSSR count). The summed E-state index contributed by atoms with van der Waals surface area (Å²) in [4.78, 5) is 10.9. The monoisotopic (exact) mass is 262 g/mol. The Labute approximate surface area is 110 Å². The van der Waals surface area contributed by atoms with Gasteiger partial charge in [0.05, 0.1) is 10.6 Å². The average molecular weight is 263 g/mol. The Morgan fingerprint density at radius 3 is 2.56 bits per heavy atom. The molecule has 0 unspecified atom stereocenters. The lowest BCUT2D eigenvalue weighted by Gasteiger charge is -2.07. The predicted octanol–water partition coefficient (Wildman–Crippen LogP) is 3.62. The first-order valence-corrected chi connectivity index (χ1v) is 5.74. The Morgan fingerprint density at radius 2 is 1.89 bits per heavy atom. The Bertz CT molecular complexity index is 552. The van der Waals surface area contributed by atoms with Gasteiger partial charge in [-0.25, -0.2) is 4.79 Å². The first-order valence-electron chi connectivity index (χ1n) is 5.36. The van der Waals surface area contributed by atoms with Crippen molar-refractivity contribution in [2.24, 2.45) is 0 Å². The van der Waals surface area contributed by atoms with Crippen molar-refractivity contribution < 1.29 is 14.6 Å². The van der Waals surface area contributed by atoms with Crippen molar-refractivity contribution in [3.63, 3.8) is 0 Å². The fraction of sp³-hybridized carbons (Fsp3) is 0.0714. The van der Waals surface area contributed by atoms with E-state index in [0.717, 1.165) is 5.56 Å². The molecule has 0 aliphatic carbocycles. The standard InChI is InChI=1S/C14H11ClO3/c15-13-7-6-11(8-12(13)14(16)17)18-9-10-4-2-1-3-5-10/h1-8H,9H2,(H,16,17). The molecule has 0 amide bonds. The van der Waals surface area contributed by atoms with Crippen molar-refractivity contribution in [2.75, 3.05) is 0 Å². The molecule has 0 bridgehead atoms. The summed E-state index contributed by atoms with van der Waals surface area (Å²) in [5.41, 5.74) is 1.06. The lowest BCUT2D eigenvalue weighted by atomic mass is 10.2. The van der Waals surface area contributed by atoms with E-state index in [-0.39, 0.29) is 10.6 Å². The molecule has 2 aromatic carbocycles. The third kappa shape index (κ3) is 3.02. The molecular weight excluding hydrogens is 252 g/mol. The largest absolute Gasteiger partial charge is 0.489 e. The van der Waals surface area contributed by atoms with Gasteiger partial charge in [-0.3, -0.25) is 0 Å². The van der Waals surface area contributed by atoms with Gasteiger partial charge in [-0.2, -0.15) is 0 Å². The lowest BCUT2D eigenvalue weighted by Crippen LogP contribution is -2.00. The van der Waals surface area contributed by atoms with Crippen molar-refractivity contribution in [3.05, 3.63) is 64.7 Å². The Hall–Kier alpha value is -2.00. The smallest absolute Gasteiger partial charge is 0.337 e. The molecule has 4 heteroatoms. The zero-order valence-corrected chi connectivity index (χ0v) is 10.2. The number of carboxylic acid groups (broad SMARTS) is 1. The number of carboxylic acids is 1. The van der Waals surface area contributed by atoms with E-state index in [2.05, 4.69) is 0 Å². The summed E-state index contributed by atoms with van der Waals surface area (Å²) in [7, 11) is 0. The molecule has 0 aliphatic heterocycles. The van der Waals surface area contributed by atoms with Crippen LogP contribution in [0.25, 0.3) is 0 Å². The summed E-state index contributed by atoms with van der Waals surface area (Å²) in [6, 6.07) is 14.2. The Balaban J connectivity index is 2.11. The molecule has 1 N–H and O–H groups in total. The maximum atomic E-state index is 10.9. The van der Waals surface area contributed by atoms with Crippen LogP contribution in [-0.4, -0.2) is 11.1 Å². The summed E-state index contributed by atoms with van der Waals surface area (Å²) in [6.45, 7) is 0.390. The number of benzene rings is 2. The number of rotatable bonds is 4. The molecule has 0 aromatic heterocycles. The highest BCUT2D eigenvalue weighted by Gasteiger charge is 2.09. The fourth-order valence-corrected chi connectivity index (χ4v) is 1.70. The highest BCUT2D eigenvalue weighted by Crippen LogP contribution is 2.22. The predicted molar refractivity (Wildman–Crippen MR) is 69.2 cm³/mol. The zero-order valence-electron chi connectivity index (χ0n) is 9.47. The maximum Gasteiger partial charge on any atom is 0.337 e. The summed E-state index contributed by atoms with van der Waals surface area (Å²) < 4.78 is 5.52. The van der Waals surface area contributed by atoms with Gasteiger partial charge in [-0.15, -0.1) is 0 Å². The summed E-state index contributed by atoms with van der Waals surface area (Å²) in [6.07, 6.45) is 0. The normalized spacial score (nSPS) is 10.1. The third-order valence-corrected chi connectivity index (χ3v) is 2.75. The van der Waals surface area contributed by atoms with Crippen LogP contribution in [-0.2, 0) is 6.61 Å². The van der Waals surface area contributed by atoms with E-state index in [1.807, 2.05) is 30.3 Å². The number of carbonyl (C=O) groups is 1. The van der Waals surface area contributed by atoms with E-state index in [0.29, 0.717) is 12.4 Å². The van der Waals surface area contributed by atoms with Gasteiger partial charge < -0.3 is 9.84 Å². The minimum absolute atomic E-state index is 0.0437. The maximum absolute atomic E-state index is 10.9. The second kappa shape index (κ2) is 5.56. The molecule has 0 aliphatic rings. The van der Waals surface area contributed by atoms with Crippen LogP contribution in [0, 0.1) is 0 Å².